The highest BCUT2D eigenvalue weighted by Gasteiger charge is 2.44. The largest absolute Gasteiger partial charge is 0.290 e. The molecule has 3 aliphatic rings. The van der Waals surface area contributed by atoms with Crippen molar-refractivity contribution >= 4 is 11.6 Å². The fraction of sp³-hybridized carbons (Fsp3) is 0.286. The van der Waals surface area contributed by atoms with E-state index in [4.69, 9.17) is 0 Å². The Balaban J connectivity index is 2.00. The molecule has 0 aliphatic heterocycles. The summed E-state index contributed by atoms with van der Waals surface area (Å²) in [5.41, 5.74) is 1.17. The number of hydrogen-bond acceptors (Lipinski definition) is 2. The van der Waals surface area contributed by atoms with Crippen molar-refractivity contribution in [1.82, 2.24) is 0 Å². The smallest absolute Gasteiger partial charge is 0.206 e. The average molecular weight is 212 g/mol. The second kappa shape index (κ2) is 3.41. The van der Waals surface area contributed by atoms with Crippen molar-refractivity contribution in [2.24, 2.45) is 11.8 Å². The van der Waals surface area contributed by atoms with Crippen molar-refractivity contribution in [3.05, 3.63) is 48.0 Å². The predicted octanol–water partition coefficient (Wildman–Crippen LogP) is 2.11. The van der Waals surface area contributed by atoms with E-state index in [1.165, 1.54) is 5.56 Å². The first-order valence-electron chi connectivity index (χ1n) is 5.58. The van der Waals surface area contributed by atoms with E-state index in [-0.39, 0.29) is 29.3 Å². The van der Waals surface area contributed by atoms with Gasteiger partial charge in [0.15, 0.2) is 0 Å². The molecule has 1 saturated carbocycles. The van der Waals surface area contributed by atoms with Gasteiger partial charge in [-0.25, -0.2) is 0 Å². The monoisotopic (exact) mass is 212 g/mol. The third-order valence-corrected chi connectivity index (χ3v) is 3.60. The van der Waals surface area contributed by atoms with Gasteiger partial charge in [-0.05, 0) is 17.9 Å². The van der Waals surface area contributed by atoms with Gasteiger partial charge in [0, 0.05) is 5.92 Å². The molecule has 2 heteroatoms. The van der Waals surface area contributed by atoms with E-state index < -0.39 is 0 Å². The molecule has 0 radical (unpaired) electrons. The first kappa shape index (κ1) is 9.52. The molecule has 3 atom stereocenters. The van der Waals surface area contributed by atoms with Crippen LogP contribution in [-0.4, -0.2) is 11.6 Å². The van der Waals surface area contributed by atoms with E-state index in [1.54, 1.807) is 0 Å². The van der Waals surface area contributed by atoms with Crippen LogP contribution < -0.4 is 0 Å². The van der Waals surface area contributed by atoms with Crippen LogP contribution in [0.15, 0.2) is 42.5 Å². The van der Waals surface area contributed by atoms with Gasteiger partial charge in [-0.2, -0.15) is 0 Å². The van der Waals surface area contributed by atoms with Crippen molar-refractivity contribution in [1.29, 1.82) is 0 Å². The second-order valence-electron chi connectivity index (χ2n) is 4.50. The van der Waals surface area contributed by atoms with Crippen LogP contribution in [0.1, 0.15) is 17.9 Å². The lowest BCUT2D eigenvalue weighted by Gasteiger charge is -2.35. The Kier molecular flexibility index (Phi) is 2.03. The van der Waals surface area contributed by atoms with Crippen LogP contribution in [-0.2, 0) is 9.59 Å². The lowest BCUT2D eigenvalue weighted by Crippen LogP contribution is -2.41. The molecule has 0 spiro atoms. The van der Waals surface area contributed by atoms with Gasteiger partial charge in [-0.3, -0.25) is 9.59 Å². The molecule has 0 N–H and O–H groups in total. The summed E-state index contributed by atoms with van der Waals surface area (Å²) < 4.78 is 0. The van der Waals surface area contributed by atoms with Crippen LogP contribution >= 0.6 is 0 Å². The number of fused-ring (bicyclic) bond motifs is 2. The summed E-state index contributed by atoms with van der Waals surface area (Å²) in [5, 5.41) is 0. The first-order valence-corrected chi connectivity index (χ1v) is 5.58. The van der Waals surface area contributed by atoms with E-state index in [9.17, 15) is 9.59 Å². The third-order valence-electron chi connectivity index (χ3n) is 3.60. The van der Waals surface area contributed by atoms with Gasteiger partial charge in [0.2, 0.25) is 11.6 Å². The Bertz CT molecular complexity index is 473. The molecule has 3 aliphatic carbocycles. The molecule has 1 fully saturated rings. The van der Waals surface area contributed by atoms with Crippen LogP contribution in [0.25, 0.3) is 0 Å². The zero-order valence-electron chi connectivity index (χ0n) is 8.80. The zero-order valence-corrected chi connectivity index (χ0v) is 8.80. The maximum Gasteiger partial charge on any atom is 0.206 e. The second-order valence-corrected chi connectivity index (χ2v) is 4.50. The van der Waals surface area contributed by atoms with Gasteiger partial charge in [0.25, 0.3) is 0 Å². The van der Waals surface area contributed by atoms with Crippen molar-refractivity contribution in [2.75, 3.05) is 0 Å². The van der Waals surface area contributed by atoms with Gasteiger partial charge >= 0.3 is 0 Å². The van der Waals surface area contributed by atoms with Gasteiger partial charge in [0.05, 0.1) is 5.92 Å². The number of benzene rings is 1. The number of Topliss-reactive ketones (excluding diaryl/α,β-unsaturated/α-hetero) is 2. The minimum absolute atomic E-state index is 0.178. The molecule has 0 heterocycles. The lowest BCUT2D eigenvalue weighted by molar-refractivity contribution is -0.143. The summed E-state index contributed by atoms with van der Waals surface area (Å²) in [4.78, 5) is 23.3. The molecule has 0 saturated heterocycles. The van der Waals surface area contributed by atoms with E-state index >= 15 is 0 Å². The molecule has 2 nitrogen and oxygen atoms in total. The Hall–Kier alpha value is -1.70. The molecule has 0 amide bonds. The fourth-order valence-corrected chi connectivity index (χ4v) is 2.74. The normalized spacial score (nSPS) is 32.1. The van der Waals surface area contributed by atoms with Gasteiger partial charge < -0.3 is 0 Å². The molecule has 0 unspecified atom stereocenters. The SMILES string of the molecule is O=C1C(=O)[C@H]2C=C[C@@H]1C[C@@H]2c1ccccc1. The standard InChI is InChI=1S/C14H12O2/c15-13-10-6-7-11(14(13)16)12(8-10)9-4-2-1-3-5-9/h1-7,10-12H,8H2/t10-,11+,12-/m1/s1. The van der Waals surface area contributed by atoms with Gasteiger partial charge in [0.1, 0.15) is 0 Å². The summed E-state index contributed by atoms with van der Waals surface area (Å²) in [6, 6.07) is 10.0. The molecule has 2 bridgehead atoms. The molecule has 1 aromatic rings. The summed E-state index contributed by atoms with van der Waals surface area (Å²) in [5.74, 6) is -0.601. The highest BCUT2D eigenvalue weighted by Crippen LogP contribution is 2.42. The fourth-order valence-electron chi connectivity index (χ4n) is 2.74. The van der Waals surface area contributed by atoms with Gasteiger partial charge in [-0.15, -0.1) is 0 Å². The van der Waals surface area contributed by atoms with Crippen LogP contribution in [0.5, 0.6) is 0 Å². The number of carbonyl (C=O) groups is 2. The molecule has 4 rings (SSSR count). The van der Waals surface area contributed by atoms with E-state index in [0.717, 1.165) is 6.42 Å². The Morgan fingerprint density at radius 3 is 2.38 bits per heavy atom. The molecule has 0 aromatic heterocycles. The highest BCUT2D eigenvalue weighted by molar-refractivity contribution is 6.41. The van der Waals surface area contributed by atoms with Gasteiger partial charge in [-0.1, -0.05) is 42.5 Å². The maximum absolute atomic E-state index is 11.8. The van der Waals surface area contributed by atoms with E-state index in [1.807, 2.05) is 42.5 Å². The summed E-state index contributed by atoms with van der Waals surface area (Å²) in [6.45, 7) is 0. The van der Waals surface area contributed by atoms with Crippen molar-refractivity contribution in [3.8, 4) is 0 Å². The Morgan fingerprint density at radius 2 is 1.69 bits per heavy atom. The van der Waals surface area contributed by atoms with Crippen LogP contribution in [0.2, 0.25) is 0 Å². The van der Waals surface area contributed by atoms with E-state index in [2.05, 4.69) is 0 Å². The Morgan fingerprint density at radius 1 is 0.938 bits per heavy atom. The maximum atomic E-state index is 11.8. The molecule has 1 aromatic carbocycles. The zero-order chi connectivity index (χ0) is 11.1. The summed E-state index contributed by atoms with van der Waals surface area (Å²) in [7, 11) is 0. The Labute approximate surface area is 94.0 Å². The molecule has 16 heavy (non-hydrogen) atoms. The van der Waals surface area contributed by atoms with Crippen LogP contribution in [0, 0.1) is 11.8 Å². The summed E-state index contributed by atoms with van der Waals surface area (Å²) in [6.07, 6.45) is 4.60. The number of allylic oxidation sites excluding steroid dienone is 2. The summed E-state index contributed by atoms with van der Waals surface area (Å²) >= 11 is 0. The molecular weight excluding hydrogens is 200 g/mol. The quantitative estimate of drug-likeness (QED) is 0.528. The van der Waals surface area contributed by atoms with Crippen LogP contribution in [0.3, 0.4) is 0 Å². The minimum Gasteiger partial charge on any atom is -0.290 e. The first-order chi connectivity index (χ1) is 7.77. The highest BCUT2D eigenvalue weighted by atomic mass is 16.2. The average Bonchev–Trinajstić information content (AvgIpc) is 2.36. The van der Waals surface area contributed by atoms with Crippen molar-refractivity contribution < 1.29 is 9.59 Å². The molecule has 80 valence electrons. The predicted molar refractivity (Wildman–Crippen MR) is 59.9 cm³/mol. The molecular formula is C14H12O2. The minimum atomic E-state index is -0.222. The number of hydrogen-bond donors (Lipinski definition) is 0. The van der Waals surface area contributed by atoms with Crippen molar-refractivity contribution in [2.45, 2.75) is 12.3 Å². The van der Waals surface area contributed by atoms with Crippen molar-refractivity contribution in [3.63, 3.8) is 0 Å². The lowest BCUT2D eigenvalue weighted by atomic mass is 9.65. The third kappa shape index (κ3) is 1.26. The van der Waals surface area contributed by atoms with E-state index in [0.29, 0.717) is 0 Å². The number of carbonyl (C=O) groups excluding carboxylic acids is 2. The van der Waals surface area contributed by atoms with Crippen LogP contribution in [0.4, 0.5) is 0 Å². The topological polar surface area (TPSA) is 34.1 Å². The number of ketones is 2. The number of rotatable bonds is 1.